The summed E-state index contributed by atoms with van der Waals surface area (Å²) in [6, 6.07) is 0.244. The maximum atomic E-state index is 12.0. The highest BCUT2D eigenvalue weighted by Crippen LogP contribution is 2.22. The summed E-state index contributed by atoms with van der Waals surface area (Å²) in [4.78, 5) is 12.0. The Kier molecular flexibility index (Phi) is 7.25. The van der Waals surface area contributed by atoms with Gasteiger partial charge in [-0.2, -0.15) is 0 Å². The quantitative estimate of drug-likeness (QED) is 0.726. The smallest absolute Gasteiger partial charge is 0.223 e. The lowest BCUT2D eigenvalue weighted by atomic mass is 9.90. The van der Waals surface area contributed by atoms with Crippen LogP contribution in [0.1, 0.15) is 64.7 Å². The molecule has 1 aliphatic rings. The molecule has 0 aliphatic heterocycles. The van der Waals surface area contributed by atoms with E-state index in [1.54, 1.807) is 0 Å². The first-order valence-corrected chi connectivity index (χ1v) is 7.23. The molecule has 1 aliphatic carbocycles. The van der Waals surface area contributed by atoms with Crippen molar-refractivity contribution in [1.82, 2.24) is 5.32 Å². The van der Waals surface area contributed by atoms with Gasteiger partial charge in [0.05, 0.1) is 0 Å². The molecular weight excluding hydrogens is 212 g/mol. The van der Waals surface area contributed by atoms with Gasteiger partial charge in [0, 0.05) is 18.5 Å². The number of nitrogens with two attached hydrogens (primary N) is 1. The summed E-state index contributed by atoms with van der Waals surface area (Å²) in [5, 5.41) is 3.06. The summed E-state index contributed by atoms with van der Waals surface area (Å²) in [6.07, 6.45) is 10.5. The highest BCUT2D eigenvalue weighted by molar-refractivity contribution is 5.78. The molecule has 3 heteroatoms. The Morgan fingerprint density at radius 1 is 1.24 bits per heavy atom. The standard InChI is InChI=1S/C14H28N2O/c1-12(15)8-7-11-16-14(17)13-9-5-3-2-4-6-10-13/h12-13H,2-11,15H2,1H3,(H,16,17). The van der Waals surface area contributed by atoms with Crippen molar-refractivity contribution in [1.29, 1.82) is 0 Å². The summed E-state index contributed by atoms with van der Waals surface area (Å²) in [6.45, 7) is 2.80. The van der Waals surface area contributed by atoms with Crippen LogP contribution in [0.3, 0.4) is 0 Å². The summed E-state index contributed by atoms with van der Waals surface area (Å²) in [5.41, 5.74) is 5.68. The van der Waals surface area contributed by atoms with Crippen LogP contribution >= 0.6 is 0 Å². The molecule has 1 fully saturated rings. The van der Waals surface area contributed by atoms with Crippen molar-refractivity contribution in [3.63, 3.8) is 0 Å². The summed E-state index contributed by atoms with van der Waals surface area (Å²) in [7, 11) is 0. The first-order chi connectivity index (χ1) is 8.20. The maximum absolute atomic E-state index is 12.0. The third-order valence-corrected chi connectivity index (χ3v) is 3.61. The first kappa shape index (κ1) is 14.5. The normalized spacial score (nSPS) is 20.4. The van der Waals surface area contributed by atoms with E-state index < -0.39 is 0 Å². The third-order valence-electron chi connectivity index (χ3n) is 3.61. The van der Waals surface area contributed by atoms with Crippen molar-refractivity contribution in [2.75, 3.05) is 6.54 Å². The summed E-state index contributed by atoms with van der Waals surface area (Å²) in [5.74, 6) is 0.544. The molecule has 1 amide bonds. The zero-order chi connectivity index (χ0) is 12.5. The molecule has 17 heavy (non-hydrogen) atoms. The van der Waals surface area contributed by atoms with E-state index in [1.165, 1.54) is 32.1 Å². The highest BCUT2D eigenvalue weighted by atomic mass is 16.1. The molecule has 0 saturated heterocycles. The average molecular weight is 240 g/mol. The van der Waals surface area contributed by atoms with Crippen LogP contribution < -0.4 is 11.1 Å². The van der Waals surface area contributed by atoms with Crippen molar-refractivity contribution in [2.24, 2.45) is 11.7 Å². The Morgan fingerprint density at radius 2 is 1.82 bits per heavy atom. The predicted octanol–water partition coefficient (Wildman–Crippen LogP) is 2.59. The molecular formula is C14H28N2O. The van der Waals surface area contributed by atoms with Crippen LogP contribution in [0.2, 0.25) is 0 Å². The van der Waals surface area contributed by atoms with E-state index >= 15 is 0 Å². The Morgan fingerprint density at radius 3 is 2.41 bits per heavy atom. The van der Waals surface area contributed by atoms with Gasteiger partial charge in [-0.3, -0.25) is 4.79 Å². The summed E-state index contributed by atoms with van der Waals surface area (Å²) < 4.78 is 0. The van der Waals surface area contributed by atoms with Gasteiger partial charge in [0.15, 0.2) is 0 Å². The van der Waals surface area contributed by atoms with Crippen LogP contribution in [0, 0.1) is 5.92 Å². The van der Waals surface area contributed by atoms with E-state index in [-0.39, 0.29) is 17.9 Å². The molecule has 1 rings (SSSR count). The van der Waals surface area contributed by atoms with Crippen molar-refractivity contribution in [3.8, 4) is 0 Å². The number of nitrogens with one attached hydrogen (secondary N) is 1. The minimum Gasteiger partial charge on any atom is -0.356 e. The lowest BCUT2D eigenvalue weighted by molar-refractivity contribution is -0.125. The zero-order valence-electron chi connectivity index (χ0n) is 11.2. The van der Waals surface area contributed by atoms with E-state index in [0.717, 1.165) is 32.2 Å². The molecule has 1 atom stereocenters. The Hall–Kier alpha value is -0.570. The number of amides is 1. The van der Waals surface area contributed by atoms with E-state index in [2.05, 4.69) is 5.32 Å². The van der Waals surface area contributed by atoms with Crippen LogP contribution in [0.5, 0.6) is 0 Å². The molecule has 3 N–H and O–H groups in total. The van der Waals surface area contributed by atoms with Crippen LogP contribution in [-0.2, 0) is 4.79 Å². The number of carbonyl (C=O) groups excluding carboxylic acids is 1. The van der Waals surface area contributed by atoms with Gasteiger partial charge in [-0.1, -0.05) is 32.1 Å². The zero-order valence-corrected chi connectivity index (χ0v) is 11.2. The van der Waals surface area contributed by atoms with E-state index in [4.69, 9.17) is 5.73 Å². The molecule has 0 heterocycles. The first-order valence-electron chi connectivity index (χ1n) is 7.23. The van der Waals surface area contributed by atoms with Crippen molar-refractivity contribution in [2.45, 2.75) is 70.8 Å². The van der Waals surface area contributed by atoms with Crippen LogP contribution in [-0.4, -0.2) is 18.5 Å². The molecule has 3 nitrogen and oxygen atoms in total. The van der Waals surface area contributed by atoms with Gasteiger partial charge in [-0.05, 0) is 32.6 Å². The lowest BCUT2D eigenvalue weighted by Crippen LogP contribution is -2.32. The average Bonchev–Trinajstić information content (AvgIpc) is 2.23. The second kappa shape index (κ2) is 8.51. The van der Waals surface area contributed by atoms with Gasteiger partial charge in [-0.25, -0.2) is 0 Å². The second-order valence-corrected chi connectivity index (χ2v) is 5.45. The molecule has 0 radical (unpaired) electrons. The number of carbonyl (C=O) groups is 1. The lowest BCUT2D eigenvalue weighted by Gasteiger charge is -2.19. The van der Waals surface area contributed by atoms with Gasteiger partial charge in [-0.15, -0.1) is 0 Å². The Labute approximate surface area is 106 Å². The van der Waals surface area contributed by atoms with Crippen LogP contribution in [0.4, 0.5) is 0 Å². The monoisotopic (exact) mass is 240 g/mol. The SMILES string of the molecule is CC(N)CCCNC(=O)C1CCCCCCC1. The molecule has 0 spiro atoms. The molecule has 1 unspecified atom stereocenters. The van der Waals surface area contributed by atoms with Crippen LogP contribution in [0.15, 0.2) is 0 Å². The molecule has 100 valence electrons. The van der Waals surface area contributed by atoms with Crippen molar-refractivity contribution < 1.29 is 4.79 Å². The predicted molar refractivity (Wildman–Crippen MR) is 71.7 cm³/mol. The fraction of sp³-hybridized carbons (Fsp3) is 0.929. The van der Waals surface area contributed by atoms with Gasteiger partial charge in [0.25, 0.3) is 0 Å². The molecule has 1 saturated carbocycles. The Balaban J connectivity index is 2.16. The number of hydrogen-bond acceptors (Lipinski definition) is 2. The molecule has 0 aromatic carbocycles. The Bertz CT molecular complexity index is 208. The molecule has 0 bridgehead atoms. The van der Waals surface area contributed by atoms with Gasteiger partial charge in [0.1, 0.15) is 0 Å². The maximum Gasteiger partial charge on any atom is 0.223 e. The van der Waals surface area contributed by atoms with Gasteiger partial charge in [0.2, 0.25) is 5.91 Å². The molecule has 0 aromatic heterocycles. The second-order valence-electron chi connectivity index (χ2n) is 5.45. The summed E-state index contributed by atoms with van der Waals surface area (Å²) >= 11 is 0. The van der Waals surface area contributed by atoms with Crippen molar-refractivity contribution in [3.05, 3.63) is 0 Å². The van der Waals surface area contributed by atoms with Crippen molar-refractivity contribution >= 4 is 5.91 Å². The van der Waals surface area contributed by atoms with E-state index in [1.807, 2.05) is 6.92 Å². The van der Waals surface area contributed by atoms with Crippen LogP contribution in [0.25, 0.3) is 0 Å². The fourth-order valence-corrected chi connectivity index (χ4v) is 2.50. The topological polar surface area (TPSA) is 55.1 Å². The minimum atomic E-state index is 0.244. The molecule has 0 aromatic rings. The highest BCUT2D eigenvalue weighted by Gasteiger charge is 2.18. The van der Waals surface area contributed by atoms with Gasteiger partial charge < -0.3 is 11.1 Å². The number of rotatable bonds is 5. The van der Waals surface area contributed by atoms with E-state index in [0.29, 0.717) is 0 Å². The number of hydrogen-bond donors (Lipinski definition) is 2. The van der Waals surface area contributed by atoms with Gasteiger partial charge >= 0.3 is 0 Å². The minimum absolute atomic E-state index is 0.244. The largest absolute Gasteiger partial charge is 0.356 e. The third kappa shape index (κ3) is 6.67. The van der Waals surface area contributed by atoms with E-state index in [9.17, 15) is 4.79 Å². The fourth-order valence-electron chi connectivity index (χ4n) is 2.50.